The standard InChI is InChI=1S/C15H26N2O2/c1-3-17(12-14-6-4-10-18-14)9-8-16-13(2)15-7-5-11-19-15/h5,7,11,13-14,16H,3-4,6,8-10,12H2,1-2H3. The van der Waals surface area contributed by atoms with Gasteiger partial charge in [-0.3, -0.25) is 4.90 Å². The Morgan fingerprint density at radius 3 is 3.05 bits per heavy atom. The molecular weight excluding hydrogens is 240 g/mol. The molecule has 19 heavy (non-hydrogen) atoms. The number of rotatable bonds is 8. The summed E-state index contributed by atoms with van der Waals surface area (Å²) in [6.07, 6.45) is 4.61. The van der Waals surface area contributed by atoms with Crippen LogP contribution in [-0.4, -0.2) is 43.8 Å². The molecule has 108 valence electrons. The zero-order valence-corrected chi connectivity index (χ0v) is 12.1. The van der Waals surface area contributed by atoms with Crippen molar-refractivity contribution in [3.63, 3.8) is 0 Å². The van der Waals surface area contributed by atoms with Crippen molar-refractivity contribution in [2.45, 2.75) is 38.8 Å². The van der Waals surface area contributed by atoms with Crippen LogP contribution in [0.3, 0.4) is 0 Å². The van der Waals surface area contributed by atoms with Gasteiger partial charge >= 0.3 is 0 Å². The monoisotopic (exact) mass is 266 g/mol. The molecule has 0 radical (unpaired) electrons. The van der Waals surface area contributed by atoms with E-state index in [0.29, 0.717) is 6.10 Å². The van der Waals surface area contributed by atoms with Gasteiger partial charge in [0.15, 0.2) is 0 Å². The van der Waals surface area contributed by atoms with E-state index in [2.05, 4.69) is 24.1 Å². The quantitative estimate of drug-likeness (QED) is 0.784. The molecule has 0 spiro atoms. The number of nitrogens with one attached hydrogen (secondary N) is 1. The van der Waals surface area contributed by atoms with Crippen molar-refractivity contribution in [2.24, 2.45) is 0 Å². The molecule has 0 saturated carbocycles. The zero-order valence-electron chi connectivity index (χ0n) is 12.1. The Bertz CT molecular complexity index is 334. The normalized spacial score (nSPS) is 21.1. The van der Waals surface area contributed by atoms with Crippen molar-refractivity contribution in [2.75, 3.05) is 32.8 Å². The van der Waals surface area contributed by atoms with Gasteiger partial charge in [0.05, 0.1) is 18.4 Å². The van der Waals surface area contributed by atoms with E-state index in [-0.39, 0.29) is 6.04 Å². The Kier molecular flexibility index (Phi) is 5.89. The number of likely N-dealkylation sites (N-methyl/N-ethyl adjacent to an activating group) is 1. The van der Waals surface area contributed by atoms with Gasteiger partial charge in [-0.2, -0.15) is 0 Å². The first-order valence-corrected chi connectivity index (χ1v) is 7.40. The summed E-state index contributed by atoms with van der Waals surface area (Å²) in [5.41, 5.74) is 0. The fraction of sp³-hybridized carbons (Fsp3) is 0.733. The van der Waals surface area contributed by atoms with E-state index < -0.39 is 0 Å². The van der Waals surface area contributed by atoms with Crippen LogP contribution in [0.5, 0.6) is 0 Å². The number of hydrogen-bond donors (Lipinski definition) is 1. The fourth-order valence-corrected chi connectivity index (χ4v) is 2.53. The Morgan fingerprint density at radius 1 is 1.53 bits per heavy atom. The van der Waals surface area contributed by atoms with Crippen LogP contribution >= 0.6 is 0 Å². The van der Waals surface area contributed by atoms with E-state index in [1.165, 1.54) is 12.8 Å². The third kappa shape index (κ3) is 4.64. The molecule has 1 aromatic rings. The predicted octanol–water partition coefficient (Wildman–Crippen LogP) is 2.43. The Morgan fingerprint density at radius 2 is 2.42 bits per heavy atom. The van der Waals surface area contributed by atoms with Crippen LogP contribution in [0.25, 0.3) is 0 Å². The molecule has 2 atom stereocenters. The van der Waals surface area contributed by atoms with Gasteiger partial charge in [0.1, 0.15) is 5.76 Å². The van der Waals surface area contributed by atoms with Crippen LogP contribution < -0.4 is 5.32 Å². The van der Waals surface area contributed by atoms with Crippen LogP contribution in [0.1, 0.15) is 38.5 Å². The number of hydrogen-bond acceptors (Lipinski definition) is 4. The van der Waals surface area contributed by atoms with Gasteiger partial charge in [-0.15, -0.1) is 0 Å². The molecule has 2 heterocycles. The molecule has 2 unspecified atom stereocenters. The molecular formula is C15H26N2O2. The van der Waals surface area contributed by atoms with Crippen molar-refractivity contribution in [3.8, 4) is 0 Å². The summed E-state index contributed by atoms with van der Waals surface area (Å²) in [5.74, 6) is 1.00. The van der Waals surface area contributed by atoms with Crippen LogP contribution in [0.2, 0.25) is 0 Å². The predicted molar refractivity (Wildman–Crippen MR) is 76.2 cm³/mol. The van der Waals surface area contributed by atoms with Gasteiger partial charge in [-0.25, -0.2) is 0 Å². The average molecular weight is 266 g/mol. The molecule has 1 aliphatic rings. The third-order valence-corrected chi connectivity index (χ3v) is 3.78. The summed E-state index contributed by atoms with van der Waals surface area (Å²) in [7, 11) is 0. The van der Waals surface area contributed by atoms with Gasteiger partial charge in [-0.05, 0) is 38.4 Å². The molecule has 1 aromatic heterocycles. The summed E-state index contributed by atoms with van der Waals surface area (Å²) in [6.45, 7) is 9.46. The SMILES string of the molecule is CCN(CCNC(C)c1ccco1)CC1CCCO1. The number of furan rings is 1. The molecule has 4 nitrogen and oxygen atoms in total. The lowest BCUT2D eigenvalue weighted by molar-refractivity contribution is 0.0749. The minimum Gasteiger partial charge on any atom is -0.468 e. The highest BCUT2D eigenvalue weighted by Crippen LogP contribution is 2.14. The molecule has 0 aromatic carbocycles. The highest BCUT2D eigenvalue weighted by atomic mass is 16.5. The van der Waals surface area contributed by atoms with Crippen molar-refractivity contribution >= 4 is 0 Å². The molecule has 1 saturated heterocycles. The Balaban J connectivity index is 1.65. The summed E-state index contributed by atoms with van der Waals surface area (Å²) in [4.78, 5) is 2.46. The van der Waals surface area contributed by atoms with E-state index in [1.807, 2.05) is 12.1 Å². The van der Waals surface area contributed by atoms with Gasteiger partial charge in [0.25, 0.3) is 0 Å². The van der Waals surface area contributed by atoms with Crippen molar-refractivity contribution < 1.29 is 9.15 Å². The number of nitrogens with zero attached hydrogens (tertiary/aromatic N) is 1. The fourth-order valence-electron chi connectivity index (χ4n) is 2.53. The highest BCUT2D eigenvalue weighted by Gasteiger charge is 2.18. The number of ether oxygens (including phenoxy) is 1. The van der Waals surface area contributed by atoms with Gasteiger partial charge < -0.3 is 14.5 Å². The molecule has 0 amide bonds. The summed E-state index contributed by atoms with van der Waals surface area (Å²) in [5, 5.41) is 3.50. The highest BCUT2D eigenvalue weighted by molar-refractivity contribution is 5.02. The summed E-state index contributed by atoms with van der Waals surface area (Å²) < 4.78 is 11.1. The first-order valence-electron chi connectivity index (χ1n) is 7.40. The van der Waals surface area contributed by atoms with Crippen LogP contribution in [0.15, 0.2) is 22.8 Å². The maximum Gasteiger partial charge on any atom is 0.120 e. The molecule has 0 aliphatic carbocycles. The van der Waals surface area contributed by atoms with E-state index in [1.54, 1.807) is 6.26 Å². The second-order valence-corrected chi connectivity index (χ2v) is 5.22. The minimum atomic E-state index is 0.274. The molecule has 4 heteroatoms. The van der Waals surface area contributed by atoms with Crippen molar-refractivity contribution in [3.05, 3.63) is 24.2 Å². The Labute approximate surface area is 116 Å². The molecule has 1 N–H and O–H groups in total. The largest absolute Gasteiger partial charge is 0.468 e. The molecule has 0 bridgehead atoms. The minimum absolute atomic E-state index is 0.274. The average Bonchev–Trinajstić information content (AvgIpc) is 3.10. The smallest absolute Gasteiger partial charge is 0.120 e. The second-order valence-electron chi connectivity index (χ2n) is 5.22. The van der Waals surface area contributed by atoms with Gasteiger partial charge in [0.2, 0.25) is 0 Å². The maximum absolute atomic E-state index is 5.69. The van der Waals surface area contributed by atoms with Gasteiger partial charge in [-0.1, -0.05) is 6.92 Å². The lowest BCUT2D eigenvalue weighted by Gasteiger charge is -2.24. The van der Waals surface area contributed by atoms with Crippen LogP contribution in [0.4, 0.5) is 0 Å². The second kappa shape index (κ2) is 7.68. The van der Waals surface area contributed by atoms with E-state index in [9.17, 15) is 0 Å². The van der Waals surface area contributed by atoms with Crippen LogP contribution in [-0.2, 0) is 4.74 Å². The topological polar surface area (TPSA) is 37.6 Å². The van der Waals surface area contributed by atoms with Crippen molar-refractivity contribution in [1.29, 1.82) is 0 Å². The maximum atomic E-state index is 5.69. The molecule has 1 aliphatic heterocycles. The van der Waals surface area contributed by atoms with Gasteiger partial charge in [0, 0.05) is 26.2 Å². The Hall–Kier alpha value is -0.840. The lowest BCUT2D eigenvalue weighted by atomic mass is 10.2. The summed E-state index contributed by atoms with van der Waals surface area (Å²) >= 11 is 0. The van der Waals surface area contributed by atoms with E-state index >= 15 is 0 Å². The molecule has 2 rings (SSSR count). The first-order chi connectivity index (χ1) is 9.29. The molecule has 1 fully saturated rings. The van der Waals surface area contributed by atoms with Crippen molar-refractivity contribution in [1.82, 2.24) is 10.2 Å². The van der Waals surface area contributed by atoms with Crippen LogP contribution in [0, 0.1) is 0 Å². The first kappa shape index (κ1) is 14.6. The van der Waals surface area contributed by atoms with E-state index in [4.69, 9.17) is 9.15 Å². The van der Waals surface area contributed by atoms with E-state index in [0.717, 1.165) is 38.5 Å². The third-order valence-electron chi connectivity index (χ3n) is 3.78. The lowest BCUT2D eigenvalue weighted by Crippen LogP contribution is -2.37. The summed E-state index contributed by atoms with van der Waals surface area (Å²) in [6, 6.07) is 4.22. The zero-order chi connectivity index (χ0) is 13.5.